The van der Waals surface area contributed by atoms with Gasteiger partial charge in [-0.3, -0.25) is 4.90 Å². The van der Waals surface area contributed by atoms with Crippen LogP contribution in [-0.2, 0) is 0 Å². The summed E-state index contributed by atoms with van der Waals surface area (Å²) in [5.74, 6) is 1.69. The van der Waals surface area contributed by atoms with Gasteiger partial charge in [-0.05, 0) is 32.0 Å². The molecule has 0 amide bonds. The maximum Gasteiger partial charge on any atom is 0.127 e. The van der Waals surface area contributed by atoms with Crippen LogP contribution in [-0.4, -0.2) is 38.8 Å². The number of benzene rings is 1. The third kappa shape index (κ3) is 4.11. The van der Waals surface area contributed by atoms with Crippen LogP contribution in [0.3, 0.4) is 0 Å². The summed E-state index contributed by atoms with van der Waals surface area (Å²) in [5, 5.41) is 0. The van der Waals surface area contributed by atoms with Gasteiger partial charge in [-0.2, -0.15) is 0 Å². The van der Waals surface area contributed by atoms with Crippen LogP contribution in [0.4, 0.5) is 0 Å². The van der Waals surface area contributed by atoms with Crippen molar-refractivity contribution in [3.05, 3.63) is 23.8 Å². The summed E-state index contributed by atoms with van der Waals surface area (Å²) in [5.41, 5.74) is 7.26. The van der Waals surface area contributed by atoms with E-state index >= 15 is 0 Å². The summed E-state index contributed by atoms with van der Waals surface area (Å²) in [6, 6.07) is 6.25. The smallest absolute Gasteiger partial charge is 0.127 e. The van der Waals surface area contributed by atoms with Crippen LogP contribution in [0.2, 0.25) is 0 Å². The molecule has 1 aromatic rings. The Kier molecular flexibility index (Phi) is 6.33. The summed E-state index contributed by atoms with van der Waals surface area (Å²) in [7, 11) is 3.38. The van der Waals surface area contributed by atoms with E-state index in [1.54, 1.807) is 14.2 Å². The predicted molar refractivity (Wildman–Crippen MR) is 86.0 cm³/mol. The summed E-state index contributed by atoms with van der Waals surface area (Å²) in [6.45, 7) is 2.86. The van der Waals surface area contributed by atoms with E-state index < -0.39 is 0 Å². The molecule has 1 heterocycles. The highest BCUT2D eigenvalue weighted by molar-refractivity contribution is 5.42. The highest BCUT2D eigenvalue weighted by atomic mass is 16.5. The van der Waals surface area contributed by atoms with E-state index in [1.165, 1.54) is 37.7 Å². The first-order valence-electron chi connectivity index (χ1n) is 7.96. The van der Waals surface area contributed by atoms with E-state index in [2.05, 4.69) is 11.0 Å². The topological polar surface area (TPSA) is 47.7 Å². The van der Waals surface area contributed by atoms with Crippen LogP contribution < -0.4 is 15.2 Å². The fourth-order valence-electron chi connectivity index (χ4n) is 3.15. The van der Waals surface area contributed by atoms with Gasteiger partial charge in [-0.15, -0.1) is 0 Å². The molecule has 0 radical (unpaired) electrons. The van der Waals surface area contributed by atoms with Crippen LogP contribution in [0.15, 0.2) is 18.2 Å². The van der Waals surface area contributed by atoms with E-state index in [-0.39, 0.29) is 6.04 Å². The molecular weight excluding hydrogens is 264 g/mol. The fourth-order valence-corrected chi connectivity index (χ4v) is 3.15. The first kappa shape index (κ1) is 16.1. The lowest BCUT2D eigenvalue weighted by molar-refractivity contribution is 0.180. The minimum absolute atomic E-state index is 0.226. The van der Waals surface area contributed by atoms with Crippen LogP contribution in [0.1, 0.15) is 43.7 Å². The second-order valence-electron chi connectivity index (χ2n) is 5.66. The summed E-state index contributed by atoms with van der Waals surface area (Å²) >= 11 is 0. The van der Waals surface area contributed by atoms with Crippen LogP contribution >= 0.6 is 0 Å². The molecule has 2 rings (SSSR count). The van der Waals surface area contributed by atoms with Crippen molar-refractivity contribution in [3.63, 3.8) is 0 Å². The van der Waals surface area contributed by atoms with Crippen molar-refractivity contribution in [2.24, 2.45) is 5.73 Å². The molecule has 0 bridgehead atoms. The van der Waals surface area contributed by atoms with Crippen LogP contribution in [0, 0.1) is 0 Å². The van der Waals surface area contributed by atoms with Crippen molar-refractivity contribution in [3.8, 4) is 11.5 Å². The highest BCUT2D eigenvalue weighted by Gasteiger charge is 2.23. The zero-order valence-corrected chi connectivity index (χ0v) is 13.3. The second-order valence-corrected chi connectivity index (χ2v) is 5.66. The molecule has 118 valence electrons. The molecule has 21 heavy (non-hydrogen) atoms. The molecule has 1 aromatic carbocycles. The molecule has 1 fully saturated rings. The number of methoxy groups -OCH3 is 2. The highest BCUT2D eigenvalue weighted by Crippen LogP contribution is 2.33. The standard InChI is InChI=1S/C17H28N2O2/c1-20-14-8-9-15(17(12-14)21-2)16(13-18)19-10-6-4-3-5-7-11-19/h8-9,12,16H,3-7,10-11,13,18H2,1-2H3. The van der Waals surface area contributed by atoms with Gasteiger partial charge in [0.25, 0.3) is 0 Å². The molecular formula is C17H28N2O2. The molecule has 0 saturated carbocycles. The Morgan fingerprint density at radius 1 is 1.05 bits per heavy atom. The van der Waals surface area contributed by atoms with E-state index in [0.29, 0.717) is 6.54 Å². The number of ether oxygens (including phenoxy) is 2. The third-order valence-electron chi connectivity index (χ3n) is 4.35. The molecule has 4 nitrogen and oxygen atoms in total. The molecule has 0 aliphatic carbocycles. The molecule has 1 atom stereocenters. The average Bonchev–Trinajstić information content (AvgIpc) is 2.49. The number of nitrogens with zero attached hydrogens (tertiary/aromatic N) is 1. The maximum atomic E-state index is 6.09. The molecule has 1 unspecified atom stereocenters. The first-order chi connectivity index (χ1) is 10.3. The van der Waals surface area contributed by atoms with Gasteiger partial charge in [0.2, 0.25) is 0 Å². The van der Waals surface area contributed by atoms with E-state index in [4.69, 9.17) is 15.2 Å². The van der Waals surface area contributed by atoms with Crippen LogP contribution in [0.25, 0.3) is 0 Å². The second kappa shape index (κ2) is 8.25. The van der Waals surface area contributed by atoms with Crippen molar-refractivity contribution in [1.29, 1.82) is 0 Å². The average molecular weight is 292 g/mol. The van der Waals surface area contributed by atoms with Crippen molar-refractivity contribution in [1.82, 2.24) is 4.90 Å². The Labute approximate surface area is 128 Å². The van der Waals surface area contributed by atoms with Crippen molar-refractivity contribution >= 4 is 0 Å². The normalized spacial score (nSPS) is 18.6. The molecule has 1 aliphatic heterocycles. The Morgan fingerprint density at radius 2 is 1.71 bits per heavy atom. The monoisotopic (exact) mass is 292 g/mol. The maximum absolute atomic E-state index is 6.09. The molecule has 1 aliphatic rings. The summed E-state index contributed by atoms with van der Waals surface area (Å²) in [6.07, 6.45) is 6.54. The SMILES string of the molecule is COc1ccc(C(CN)N2CCCCCCC2)c(OC)c1. The Bertz CT molecular complexity index is 429. The van der Waals surface area contributed by atoms with Gasteiger partial charge in [0.1, 0.15) is 11.5 Å². The predicted octanol–water partition coefficient (Wildman–Crippen LogP) is 2.97. The van der Waals surface area contributed by atoms with E-state index in [9.17, 15) is 0 Å². The zero-order valence-electron chi connectivity index (χ0n) is 13.3. The molecule has 1 saturated heterocycles. The molecule has 4 heteroatoms. The van der Waals surface area contributed by atoms with E-state index in [1.807, 2.05) is 12.1 Å². The van der Waals surface area contributed by atoms with Gasteiger partial charge in [-0.1, -0.05) is 25.3 Å². The van der Waals surface area contributed by atoms with Crippen molar-refractivity contribution < 1.29 is 9.47 Å². The minimum atomic E-state index is 0.226. The van der Waals surface area contributed by atoms with Gasteiger partial charge in [0.05, 0.1) is 20.3 Å². The lowest BCUT2D eigenvalue weighted by atomic mass is 10.0. The summed E-state index contributed by atoms with van der Waals surface area (Å²) < 4.78 is 10.8. The lowest BCUT2D eigenvalue weighted by Gasteiger charge is -2.33. The zero-order chi connectivity index (χ0) is 15.1. The number of likely N-dealkylation sites (tertiary alicyclic amines) is 1. The number of rotatable bonds is 5. The van der Waals surface area contributed by atoms with Gasteiger partial charge >= 0.3 is 0 Å². The van der Waals surface area contributed by atoms with Gasteiger partial charge in [0, 0.05) is 18.2 Å². The number of hydrogen-bond donors (Lipinski definition) is 1. The largest absolute Gasteiger partial charge is 0.497 e. The van der Waals surface area contributed by atoms with Crippen molar-refractivity contribution in [2.45, 2.75) is 38.1 Å². The fraction of sp³-hybridized carbons (Fsp3) is 0.647. The summed E-state index contributed by atoms with van der Waals surface area (Å²) in [4.78, 5) is 2.52. The third-order valence-corrected chi connectivity index (χ3v) is 4.35. The minimum Gasteiger partial charge on any atom is -0.497 e. The van der Waals surface area contributed by atoms with Crippen LogP contribution in [0.5, 0.6) is 11.5 Å². The lowest BCUT2D eigenvalue weighted by Crippen LogP contribution is -2.36. The first-order valence-corrected chi connectivity index (χ1v) is 7.96. The van der Waals surface area contributed by atoms with Gasteiger partial charge in [-0.25, -0.2) is 0 Å². The Morgan fingerprint density at radius 3 is 2.29 bits per heavy atom. The van der Waals surface area contributed by atoms with Gasteiger partial charge < -0.3 is 15.2 Å². The Balaban J connectivity index is 2.22. The van der Waals surface area contributed by atoms with E-state index in [0.717, 1.165) is 24.6 Å². The molecule has 0 aromatic heterocycles. The Hall–Kier alpha value is -1.26. The molecule has 2 N–H and O–H groups in total. The quantitative estimate of drug-likeness (QED) is 0.906. The van der Waals surface area contributed by atoms with Crippen molar-refractivity contribution in [2.75, 3.05) is 33.9 Å². The number of nitrogens with two attached hydrogens (primary N) is 1. The van der Waals surface area contributed by atoms with Gasteiger partial charge in [0.15, 0.2) is 0 Å². The molecule has 0 spiro atoms. The number of hydrogen-bond acceptors (Lipinski definition) is 4.